The van der Waals surface area contributed by atoms with Crippen LogP contribution in [0.3, 0.4) is 0 Å². The molecular weight excluding hydrogens is 282 g/mol. The van der Waals surface area contributed by atoms with Crippen LogP contribution in [0.4, 0.5) is 5.69 Å². The molecule has 1 heterocycles. The quantitative estimate of drug-likeness (QED) is 0.343. The minimum atomic E-state index is -1.05. The number of amides is 1. The number of rotatable bonds is 3. The lowest BCUT2D eigenvalue weighted by molar-refractivity contribution is -0.126. The molecule has 4 N–H and O–H groups in total. The highest BCUT2D eigenvalue weighted by Gasteiger charge is 2.44. The molecule has 1 aromatic rings. The van der Waals surface area contributed by atoms with E-state index in [1.54, 1.807) is 24.3 Å². The maximum atomic E-state index is 12.5. The standard InChI is InChI=1S/C13H16ClN3O3/c14-9-2-1-3-10(8-9)16-12(18)13(11(15)17-19)4-6-20-7-5-13/h1-3,8,19H,4-7H2,(H2,15,17)(H,16,18). The molecule has 0 bridgehead atoms. The van der Waals surface area contributed by atoms with E-state index in [-0.39, 0.29) is 11.7 Å². The number of oxime groups is 1. The Hall–Kier alpha value is -1.79. The van der Waals surface area contributed by atoms with Crippen molar-refractivity contribution in [1.29, 1.82) is 0 Å². The number of carbonyl (C=O) groups excluding carboxylic acids is 1. The van der Waals surface area contributed by atoms with Crippen LogP contribution < -0.4 is 11.1 Å². The highest BCUT2D eigenvalue weighted by molar-refractivity contribution is 6.31. The molecule has 0 aromatic heterocycles. The van der Waals surface area contributed by atoms with Gasteiger partial charge in [0.2, 0.25) is 5.91 Å². The number of nitrogens with zero attached hydrogens (tertiary/aromatic N) is 1. The van der Waals surface area contributed by atoms with E-state index in [0.717, 1.165) is 0 Å². The van der Waals surface area contributed by atoms with Crippen molar-refractivity contribution in [2.24, 2.45) is 16.3 Å². The summed E-state index contributed by atoms with van der Waals surface area (Å²) in [5.74, 6) is -0.418. The maximum absolute atomic E-state index is 12.5. The van der Waals surface area contributed by atoms with Crippen LogP contribution in [0.15, 0.2) is 29.4 Å². The SMILES string of the molecule is NC(=NO)C1(C(=O)Nc2cccc(Cl)c2)CCOCC1. The molecule has 0 unspecified atom stereocenters. The van der Waals surface area contributed by atoms with Crippen LogP contribution in [0, 0.1) is 5.41 Å². The summed E-state index contributed by atoms with van der Waals surface area (Å²) in [6.07, 6.45) is 0.741. The molecule has 1 aliphatic rings. The summed E-state index contributed by atoms with van der Waals surface area (Å²) in [5.41, 5.74) is 5.25. The number of hydrogen-bond donors (Lipinski definition) is 3. The first-order valence-corrected chi connectivity index (χ1v) is 6.59. The van der Waals surface area contributed by atoms with Gasteiger partial charge in [-0.3, -0.25) is 4.79 Å². The second-order valence-electron chi connectivity index (χ2n) is 4.64. The molecule has 7 heteroatoms. The largest absolute Gasteiger partial charge is 0.409 e. The van der Waals surface area contributed by atoms with Crippen molar-refractivity contribution in [2.45, 2.75) is 12.8 Å². The van der Waals surface area contributed by atoms with Crippen LogP contribution >= 0.6 is 11.6 Å². The minimum Gasteiger partial charge on any atom is -0.409 e. The molecule has 1 saturated heterocycles. The van der Waals surface area contributed by atoms with Gasteiger partial charge in [-0.2, -0.15) is 0 Å². The number of benzene rings is 1. The van der Waals surface area contributed by atoms with Crippen molar-refractivity contribution in [3.05, 3.63) is 29.3 Å². The first-order valence-electron chi connectivity index (χ1n) is 6.21. The lowest BCUT2D eigenvalue weighted by Crippen LogP contribution is -2.50. The first kappa shape index (κ1) is 14.6. The van der Waals surface area contributed by atoms with E-state index in [2.05, 4.69) is 10.5 Å². The van der Waals surface area contributed by atoms with Gasteiger partial charge in [-0.1, -0.05) is 22.8 Å². The van der Waals surface area contributed by atoms with E-state index < -0.39 is 5.41 Å². The van der Waals surface area contributed by atoms with E-state index in [1.807, 2.05) is 0 Å². The Labute approximate surface area is 121 Å². The van der Waals surface area contributed by atoms with Crippen molar-refractivity contribution < 1.29 is 14.7 Å². The molecule has 1 aliphatic heterocycles. The number of hydrogen-bond acceptors (Lipinski definition) is 4. The molecule has 0 saturated carbocycles. The van der Waals surface area contributed by atoms with Crippen LogP contribution in [-0.2, 0) is 9.53 Å². The van der Waals surface area contributed by atoms with Crippen molar-refractivity contribution in [1.82, 2.24) is 0 Å². The predicted molar refractivity (Wildman–Crippen MR) is 76.0 cm³/mol. The van der Waals surface area contributed by atoms with Gasteiger partial charge in [0.05, 0.1) is 0 Å². The number of carbonyl (C=O) groups is 1. The molecule has 0 aliphatic carbocycles. The normalized spacial score (nSPS) is 18.6. The molecule has 0 radical (unpaired) electrons. The fourth-order valence-corrected chi connectivity index (χ4v) is 2.42. The van der Waals surface area contributed by atoms with E-state index >= 15 is 0 Å². The Morgan fingerprint density at radius 1 is 1.45 bits per heavy atom. The van der Waals surface area contributed by atoms with Gasteiger partial charge < -0.3 is 21.0 Å². The second kappa shape index (κ2) is 6.11. The monoisotopic (exact) mass is 297 g/mol. The zero-order valence-electron chi connectivity index (χ0n) is 10.8. The van der Waals surface area contributed by atoms with Crippen LogP contribution in [0.25, 0.3) is 0 Å². The van der Waals surface area contributed by atoms with E-state index in [4.69, 9.17) is 27.3 Å². The molecule has 0 atom stereocenters. The molecule has 2 rings (SSSR count). The predicted octanol–water partition coefficient (Wildman–Crippen LogP) is 1.82. The molecule has 20 heavy (non-hydrogen) atoms. The summed E-state index contributed by atoms with van der Waals surface area (Å²) in [6.45, 7) is 0.776. The van der Waals surface area contributed by atoms with Gasteiger partial charge >= 0.3 is 0 Å². The summed E-state index contributed by atoms with van der Waals surface area (Å²) in [5, 5.41) is 15.2. The third kappa shape index (κ3) is 2.86. The van der Waals surface area contributed by atoms with Gasteiger partial charge in [0.25, 0.3) is 0 Å². The Bertz CT molecular complexity index is 527. The van der Waals surface area contributed by atoms with E-state index in [1.165, 1.54) is 0 Å². The fraction of sp³-hybridized carbons (Fsp3) is 0.385. The highest BCUT2D eigenvalue weighted by Crippen LogP contribution is 2.32. The molecule has 0 spiro atoms. The molecule has 108 valence electrons. The smallest absolute Gasteiger partial charge is 0.238 e. The molecule has 6 nitrogen and oxygen atoms in total. The molecule has 1 amide bonds. The molecule has 1 fully saturated rings. The topological polar surface area (TPSA) is 96.9 Å². The van der Waals surface area contributed by atoms with Gasteiger partial charge in [-0.25, -0.2) is 0 Å². The summed E-state index contributed by atoms with van der Waals surface area (Å²) in [4.78, 5) is 12.5. The third-order valence-electron chi connectivity index (χ3n) is 3.46. The van der Waals surface area contributed by atoms with Gasteiger partial charge in [0, 0.05) is 23.9 Å². The van der Waals surface area contributed by atoms with Crippen molar-refractivity contribution in [2.75, 3.05) is 18.5 Å². The average molecular weight is 298 g/mol. The van der Waals surface area contributed by atoms with Gasteiger partial charge in [-0.05, 0) is 31.0 Å². The lowest BCUT2D eigenvalue weighted by Gasteiger charge is -2.34. The number of anilines is 1. The Morgan fingerprint density at radius 3 is 2.75 bits per heavy atom. The summed E-state index contributed by atoms with van der Waals surface area (Å²) >= 11 is 5.88. The summed E-state index contributed by atoms with van der Waals surface area (Å²) in [6, 6.07) is 6.81. The van der Waals surface area contributed by atoms with Crippen molar-refractivity contribution >= 4 is 29.0 Å². The zero-order chi connectivity index (χ0) is 14.6. The van der Waals surface area contributed by atoms with Gasteiger partial charge in [0.1, 0.15) is 5.41 Å². The average Bonchev–Trinajstić information content (AvgIpc) is 2.47. The van der Waals surface area contributed by atoms with Crippen molar-refractivity contribution in [3.8, 4) is 0 Å². The molecular formula is C13H16ClN3O3. The van der Waals surface area contributed by atoms with Crippen LogP contribution in [0.2, 0.25) is 5.02 Å². The van der Waals surface area contributed by atoms with E-state index in [0.29, 0.717) is 36.8 Å². The van der Waals surface area contributed by atoms with Crippen LogP contribution in [0.1, 0.15) is 12.8 Å². The Balaban J connectivity index is 2.23. The van der Waals surface area contributed by atoms with E-state index in [9.17, 15) is 4.79 Å². The number of amidine groups is 1. The first-order chi connectivity index (χ1) is 9.58. The zero-order valence-corrected chi connectivity index (χ0v) is 11.6. The summed E-state index contributed by atoms with van der Waals surface area (Å²) in [7, 11) is 0. The van der Waals surface area contributed by atoms with Crippen LogP contribution in [0.5, 0.6) is 0 Å². The highest BCUT2D eigenvalue weighted by atomic mass is 35.5. The minimum absolute atomic E-state index is 0.0969. The third-order valence-corrected chi connectivity index (χ3v) is 3.70. The lowest BCUT2D eigenvalue weighted by atomic mass is 9.78. The Morgan fingerprint density at radius 2 is 2.15 bits per heavy atom. The number of nitrogens with one attached hydrogen (secondary N) is 1. The number of ether oxygens (including phenoxy) is 1. The summed E-state index contributed by atoms with van der Waals surface area (Å²) < 4.78 is 5.25. The fourth-order valence-electron chi connectivity index (χ4n) is 2.23. The second-order valence-corrected chi connectivity index (χ2v) is 5.08. The Kier molecular flexibility index (Phi) is 4.46. The number of halogens is 1. The van der Waals surface area contributed by atoms with Gasteiger partial charge in [0.15, 0.2) is 5.84 Å². The van der Waals surface area contributed by atoms with Gasteiger partial charge in [-0.15, -0.1) is 0 Å². The number of nitrogens with two attached hydrogens (primary N) is 1. The van der Waals surface area contributed by atoms with Crippen molar-refractivity contribution in [3.63, 3.8) is 0 Å². The maximum Gasteiger partial charge on any atom is 0.238 e. The van der Waals surface area contributed by atoms with Crippen LogP contribution in [-0.4, -0.2) is 30.2 Å². The molecule has 1 aromatic carbocycles.